The van der Waals surface area contributed by atoms with Crippen LogP contribution >= 0.6 is 11.3 Å². The van der Waals surface area contributed by atoms with Crippen molar-refractivity contribution in [3.8, 4) is 0 Å². The van der Waals surface area contributed by atoms with Crippen molar-refractivity contribution in [2.75, 3.05) is 63.3 Å². The quantitative estimate of drug-likeness (QED) is 0.349. The molecule has 0 atom stereocenters. The molecule has 1 fully saturated rings. The minimum absolute atomic E-state index is 0.0650. The number of carbonyl (C=O) groups is 1. The molecular formula is C25H31F2N7O3S2. The number of hydrogen-bond acceptors (Lipinski definition) is 10. The molecule has 0 spiro atoms. The van der Waals surface area contributed by atoms with Gasteiger partial charge in [-0.1, -0.05) is 17.4 Å². The average Bonchev–Trinajstić information content (AvgIpc) is 3.27. The maximum absolute atomic E-state index is 14.1. The van der Waals surface area contributed by atoms with Crippen LogP contribution in [0.4, 0.5) is 25.5 Å². The third kappa shape index (κ3) is 6.52. The van der Waals surface area contributed by atoms with Gasteiger partial charge in [-0.25, -0.2) is 27.2 Å². The molecule has 3 aromatic rings. The van der Waals surface area contributed by atoms with E-state index >= 15 is 0 Å². The molecule has 14 heteroatoms. The van der Waals surface area contributed by atoms with E-state index in [0.29, 0.717) is 23.8 Å². The molecule has 0 saturated carbocycles. The molecule has 10 nitrogen and oxygen atoms in total. The summed E-state index contributed by atoms with van der Waals surface area (Å²) in [5.74, 6) is -2.26. The summed E-state index contributed by atoms with van der Waals surface area (Å²) in [7, 11) is 2.16. The van der Waals surface area contributed by atoms with Crippen LogP contribution in [0.3, 0.4) is 0 Å². The number of rotatable bonds is 10. The van der Waals surface area contributed by atoms with Crippen LogP contribution in [-0.4, -0.2) is 86.7 Å². The summed E-state index contributed by atoms with van der Waals surface area (Å²) in [5.41, 5.74) is 5.20. The number of anilines is 3. The van der Waals surface area contributed by atoms with Crippen LogP contribution in [-0.2, 0) is 10.0 Å². The Hall–Kier alpha value is -3.20. The summed E-state index contributed by atoms with van der Waals surface area (Å²) in [6, 6.07) is 6.34. The van der Waals surface area contributed by atoms with Gasteiger partial charge < -0.3 is 20.9 Å². The minimum atomic E-state index is -3.71. The summed E-state index contributed by atoms with van der Waals surface area (Å²) in [5, 5.41) is 3.50. The number of thiazole rings is 1. The van der Waals surface area contributed by atoms with Gasteiger partial charge in [0.15, 0.2) is 5.13 Å². The Morgan fingerprint density at radius 2 is 1.79 bits per heavy atom. The normalized spacial score (nSPS) is 15.0. The summed E-state index contributed by atoms with van der Waals surface area (Å²) in [6.45, 7) is 2.15. The topological polar surface area (TPSA) is 125 Å². The summed E-state index contributed by atoms with van der Waals surface area (Å²) in [4.78, 5) is 25.3. The fourth-order valence-electron chi connectivity index (χ4n) is 4.16. The molecule has 0 unspecified atom stereocenters. The van der Waals surface area contributed by atoms with Crippen LogP contribution in [0.25, 0.3) is 0 Å². The lowest BCUT2D eigenvalue weighted by Crippen LogP contribution is -2.42. The molecule has 1 aliphatic rings. The molecule has 1 aliphatic heterocycles. The van der Waals surface area contributed by atoms with Crippen molar-refractivity contribution in [3.05, 3.63) is 58.6 Å². The first-order valence-electron chi connectivity index (χ1n) is 12.3. The highest BCUT2D eigenvalue weighted by atomic mass is 32.2. The lowest BCUT2D eigenvalue weighted by Gasteiger charge is -2.31. The highest BCUT2D eigenvalue weighted by Gasteiger charge is 2.31. The average molecular weight is 580 g/mol. The van der Waals surface area contributed by atoms with E-state index in [9.17, 15) is 22.0 Å². The predicted molar refractivity (Wildman–Crippen MR) is 148 cm³/mol. The van der Waals surface area contributed by atoms with E-state index in [4.69, 9.17) is 5.73 Å². The number of halogens is 2. The van der Waals surface area contributed by atoms with Gasteiger partial charge in [0.2, 0.25) is 15.8 Å². The zero-order valence-electron chi connectivity index (χ0n) is 21.9. The van der Waals surface area contributed by atoms with Crippen LogP contribution in [0.1, 0.15) is 28.1 Å². The predicted octanol–water partition coefficient (Wildman–Crippen LogP) is 2.89. The second kappa shape index (κ2) is 11.9. The van der Waals surface area contributed by atoms with Gasteiger partial charge in [-0.2, -0.15) is 4.31 Å². The van der Waals surface area contributed by atoms with Crippen molar-refractivity contribution in [2.45, 2.75) is 23.8 Å². The number of benzene rings is 1. The number of carbonyl (C=O) groups excluding carboxylic acids is 1. The fraction of sp³-hybridized carbons (Fsp3) is 0.400. The SMILES string of the molecule is CN(C)CCN(C)c1ccc(S(=O)(=O)N2CCC(Nc3nc(N)c(C(=O)c4c(F)cccc4F)s3)CC2)cn1. The molecule has 0 amide bonds. The first-order valence-corrected chi connectivity index (χ1v) is 14.6. The number of pyridine rings is 1. The minimum Gasteiger partial charge on any atom is -0.382 e. The van der Waals surface area contributed by atoms with Crippen molar-refractivity contribution < 1.29 is 22.0 Å². The third-order valence-electron chi connectivity index (χ3n) is 6.46. The Labute approximate surface area is 230 Å². The maximum Gasteiger partial charge on any atom is 0.244 e. The first-order chi connectivity index (χ1) is 18.5. The number of nitrogens with one attached hydrogen (secondary N) is 1. The molecule has 0 bridgehead atoms. The van der Waals surface area contributed by atoms with Gasteiger partial charge in [0.25, 0.3) is 0 Å². The van der Waals surface area contributed by atoms with Gasteiger partial charge in [-0.3, -0.25) is 4.79 Å². The number of piperidine rings is 1. The van der Waals surface area contributed by atoms with Crippen LogP contribution in [0, 0.1) is 11.6 Å². The molecule has 3 N–H and O–H groups in total. The van der Waals surface area contributed by atoms with Gasteiger partial charge in [0.05, 0.1) is 5.56 Å². The molecule has 39 heavy (non-hydrogen) atoms. The Morgan fingerprint density at radius 3 is 2.38 bits per heavy atom. The molecule has 210 valence electrons. The van der Waals surface area contributed by atoms with Crippen LogP contribution < -0.4 is 16.0 Å². The lowest BCUT2D eigenvalue weighted by molar-refractivity contribution is 0.103. The first kappa shape index (κ1) is 28.8. The molecule has 2 aromatic heterocycles. The summed E-state index contributed by atoms with van der Waals surface area (Å²) >= 11 is 0.908. The molecule has 0 radical (unpaired) electrons. The van der Waals surface area contributed by atoms with Crippen LogP contribution in [0.5, 0.6) is 0 Å². The highest BCUT2D eigenvalue weighted by molar-refractivity contribution is 7.89. The van der Waals surface area contributed by atoms with Crippen molar-refractivity contribution >= 4 is 43.9 Å². The number of nitrogen functional groups attached to an aromatic ring is 1. The van der Waals surface area contributed by atoms with Crippen molar-refractivity contribution in [1.29, 1.82) is 0 Å². The number of nitrogens with zero attached hydrogens (tertiary/aromatic N) is 5. The van der Waals surface area contributed by atoms with Gasteiger partial charge in [0.1, 0.15) is 33.0 Å². The number of sulfonamides is 1. The number of hydrogen-bond donors (Lipinski definition) is 2. The molecule has 1 saturated heterocycles. The standard InChI is InChI=1S/C25H31F2N7O3S2/c1-32(2)13-14-33(3)20-8-7-17(15-29-20)39(36,37)34-11-9-16(10-12-34)30-25-31-24(28)23(38-25)22(35)21-18(26)5-4-6-19(21)27/h4-8,15-16H,9-14,28H2,1-3H3,(H,30,31). The van der Waals surface area contributed by atoms with E-state index in [0.717, 1.165) is 36.6 Å². The Balaban J connectivity index is 1.36. The number of aromatic nitrogens is 2. The van der Waals surface area contributed by atoms with Gasteiger partial charge in [-0.05, 0) is 51.2 Å². The number of likely N-dealkylation sites (N-methyl/N-ethyl adjacent to an activating group) is 2. The maximum atomic E-state index is 14.1. The Kier molecular flexibility index (Phi) is 8.79. The Morgan fingerprint density at radius 1 is 1.13 bits per heavy atom. The Bertz CT molecular complexity index is 1400. The zero-order chi connectivity index (χ0) is 28.3. The largest absolute Gasteiger partial charge is 0.382 e. The van der Waals surface area contributed by atoms with E-state index in [1.54, 1.807) is 12.1 Å². The third-order valence-corrected chi connectivity index (χ3v) is 9.35. The van der Waals surface area contributed by atoms with Gasteiger partial charge >= 0.3 is 0 Å². The van der Waals surface area contributed by atoms with Gasteiger partial charge in [-0.15, -0.1) is 0 Å². The molecule has 4 rings (SSSR count). The van der Waals surface area contributed by atoms with Crippen LogP contribution in [0.15, 0.2) is 41.4 Å². The van der Waals surface area contributed by atoms with E-state index in [2.05, 4.69) is 20.2 Å². The van der Waals surface area contributed by atoms with Crippen molar-refractivity contribution in [3.63, 3.8) is 0 Å². The smallest absolute Gasteiger partial charge is 0.244 e. The molecule has 0 aliphatic carbocycles. The number of nitrogens with two attached hydrogens (primary N) is 1. The van der Waals surface area contributed by atoms with E-state index in [-0.39, 0.29) is 34.7 Å². The number of ketones is 1. The van der Waals surface area contributed by atoms with E-state index < -0.39 is 33.0 Å². The summed E-state index contributed by atoms with van der Waals surface area (Å²) < 4.78 is 55.9. The fourth-order valence-corrected chi connectivity index (χ4v) is 6.49. The van der Waals surface area contributed by atoms with Crippen LogP contribution in [0.2, 0.25) is 0 Å². The second-order valence-electron chi connectivity index (χ2n) is 9.56. The van der Waals surface area contributed by atoms with Crippen molar-refractivity contribution in [2.24, 2.45) is 0 Å². The van der Waals surface area contributed by atoms with Gasteiger partial charge in [0, 0.05) is 45.5 Å². The van der Waals surface area contributed by atoms with E-state index in [1.807, 2.05) is 26.0 Å². The van der Waals surface area contributed by atoms with Crippen molar-refractivity contribution in [1.82, 2.24) is 19.2 Å². The summed E-state index contributed by atoms with van der Waals surface area (Å²) in [6.07, 6.45) is 2.36. The molecule has 1 aromatic carbocycles. The molecular weight excluding hydrogens is 548 g/mol. The monoisotopic (exact) mass is 579 g/mol. The highest BCUT2D eigenvalue weighted by Crippen LogP contribution is 2.31. The lowest BCUT2D eigenvalue weighted by atomic mass is 10.1. The molecule has 3 heterocycles. The zero-order valence-corrected chi connectivity index (χ0v) is 23.5. The van der Waals surface area contributed by atoms with E-state index in [1.165, 1.54) is 16.6 Å². The second-order valence-corrected chi connectivity index (χ2v) is 12.5.